The molecule has 0 radical (unpaired) electrons. The van der Waals surface area contributed by atoms with Gasteiger partial charge in [-0.3, -0.25) is 0 Å². The van der Waals surface area contributed by atoms with Crippen LogP contribution in [0.15, 0.2) is 24.3 Å². The van der Waals surface area contributed by atoms with Crippen LogP contribution in [0.2, 0.25) is 0 Å². The smallest absolute Gasteiger partial charge is 0.123 e. The summed E-state index contributed by atoms with van der Waals surface area (Å²) in [6, 6.07) is 8.69. The lowest BCUT2D eigenvalue weighted by Crippen LogP contribution is -2.14. The third kappa shape index (κ3) is 3.72. The number of hydrogen-bond donors (Lipinski definition) is 1. The standard InChI is InChI=1S/C18H24N2S/c1-3-4-10-19-12-16-17(14-8-9-14)20-18(21-16)15-7-5-6-13(2)11-15/h5-7,11,14,19H,3-4,8-10,12H2,1-2H3. The Bertz CT molecular complexity index is 599. The van der Waals surface area contributed by atoms with E-state index in [2.05, 4.69) is 43.4 Å². The van der Waals surface area contributed by atoms with Crippen LogP contribution < -0.4 is 5.32 Å². The monoisotopic (exact) mass is 300 g/mol. The highest BCUT2D eigenvalue weighted by atomic mass is 32.1. The quantitative estimate of drug-likeness (QED) is 0.737. The molecular formula is C18H24N2S. The third-order valence-electron chi connectivity index (χ3n) is 3.95. The van der Waals surface area contributed by atoms with Crippen molar-refractivity contribution in [1.29, 1.82) is 0 Å². The molecule has 1 aliphatic rings. The van der Waals surface area contributed by atoms with Gasteiger partial charge in [0.1, 0.15) is 5.01 Å². The molecule has 1 aromatic carbocycles. The molecular weight excluding hydrogens is 276 g/mol. The van der Waals surface area contributed by atoms with Crippen molar-refractivity contribution in [3.05, 3.63) is 40.4 Å². The molecule has 2 aromatic rings. The molecule has 2 nitrogen and oxygen atoms in total. The Labute approximate surface area is 131 Å². The highest BCUT2D eigenvalue weighted by Crippen LogP contribution is 2.44. The van der Waals surface area contributed by atoms with Crippen molar-refractivity contribution in [2.24, 2.45) is 0 Å². The van der Waals surface area contributed by atoms with Gasteiger partial charge in [-0.1, -0.05) is 37.1 Å². The number of benzene rings is 1. The first-order valence-corrected chi connectivity index (χ1v) is 8.87. The van der Waals surface area contributed by atoms with Crippen molar-refractivity contribution >= 4 is 11.3 Å². The molecule has 1 saturated carbocycles. The van der Waals surface area contributed by atoms with E-state index in [9.17, 15) is 0 Å². The molecule has 0 amide bonds. The van der Waals surface area contributed by atoms with Crippen molar-refractivity contribution < 1.29 is 0 Å². The average molecular weight is 300 g/mol. The number of rotatable bonds is 7. The Kier molecular flexibility index (Phi) is 4.71. The average Bonchev–Trinajstić information content (AvgIpc) is 3.24. The van der Waals surface area contributed by atoms with Gasteiger partial charge >= 0.3 is 0 Å². The lowest BCUT2D eigenvalue weighted by molar-refractivity contribution is 0.642. The van der Waals surface area contributed by atoms with Crippen LogP contribution in [0.4, 0.5) is 0 Å². The summed E-state index contributed by atoms with van der Waals surface area (Å²) in [4.78, 5) is 6.41. The van der Waals surface area contributed by atoms with Crippen LogP contribution in [-0.4, -0.2) is 11.5 Å². The molecule has 1 fully saturated rings. The van der Waals surface area contributed by atoms with E-state index in [1.54, 1.807) is 0 Å². The van der Waals surface area contributed by atoms with Gasteiger partial charge in [0, 0.05) is 22.9 Å². The summed E-state index contributed by atoms with van der Waals surface area (Å²) in [7, 11) is 0. The number of nitrogens with zero attached hydrogens (tertiary/aromatic N) is 1. The summed E-state index contributed by atoms with van der Waals surface area (Å²) in [5.74, 6) is 0.725. The third-order valence-corrected chi connectivity index (χ3v) is 5.07. The van der Waals surface area contributed by atoms with E-state index in [-0.39, 0.29) is 0 Å². The molecule has 3 rings (SSSR count). The van der Waals surface area contributed by atoms with Gasteiger partial charge in [0.2, 0.25) is 0 Å². The zero-order valence-corrected chi connectivity index (χ0v) is 13.8. The van der Waals surface area contributed by atoms with Crippen molar-refractivity contribution in [3.63, 3.8) is 0 Å². The second kappa shape index (κ2) is 6.71. The van der Waals surface area contributed by atoms with Crippen LogP contribution in [0.1, 0.15) is 54.7 Å². The molecule has 3 heteroatoms. The maximum Gasteiger partial charge on any atom is 0.123 e. The summed E-state index contributed by atoms with van der Waals surface area (Å²) >= 11 is 1.87. The van der Waals surface area contributed by atoms with E-state index in [0.29, 0.717) is 0 Å². The molecule has 0 bridgehead atoms. The predicted molar refractivity (Wildman–Crippen MR) is 90.9 cm³/mol. The summed E-state index contributed by atoms with van der Waals surface area (Å²) in [6.07, 6.45) is 5.14. The predicted octanol–water partition coefficient (Wildman–Crippen LogP) is 4.89. The van der Waals surface area contributed by atoms with E-state index in [0.717, 1.165) is 19.0 Å². The van der Waals surface area contributed by atoms with Gasteiger partial charge in [0.05, 0.1) is 5.69 Å². The Hall–Kier alpha value is -1.19. The van der Waals surface area contributed by atoms with E-state index >= 15 is 0 Å². The molecule has 1 N–H and O–H groups in total. The number of unbranched alkanes of at least 4 members (excludes halogenated alkanes) is 1. The fourth-order valence-corrected chi connectivity index (χ4v) is 3.68. The zero-order chi connectivity index (χ0) is 14.7. The van der Waals surface area contributed by atoms with Crippen LogP contribution in [-0.2, 0) is 6.54 Å². The highest BCUT2D eigenvalue weighted by molar-refractivity contribution is 7.15. The molecule has 0 atom stereocenters. The Balaban J connectivity index is 1.79. The first kappa shape index (κ1) is 14.7. The number of aromatic nitrogens is 1. The molecule has 0 saturated heterocycles. The van der Waals surface area contributed by atoms with Crippen LogP contribution in [0.3, 0.4) is 0 Å². The Morgan fingerprint density at radius 3 is 2.90 bits per heavy atom. The molecule has 112 valence electrons. The summed E-state index contributed by atoms with van der Waals surface area (Å²) in [6.45, 7) is 6.47. The largest absolute Gasteiger partial charge is 0.312 e. The number of nitrogens with one attached hydrogen (secondary N) is 1. The van der Waals surface area contributed by atoms with E-state index in [1.165, 1.54) is 52.4 Å². The van der Waals surface area contributed by atoms with E-state index in [1.807, 2.05) is 11.3 Å². The Morgan fingerprint density at radius 2 is 2.19 bits per heavy atom. The van der Waals surface area contributed by atoms with Crippen molar-refractivity contribution in [1.82, 2.24) is 10.3 Å². The van der Waals surface area contributed by atoms with E-state index in [4.69, 9.17) is 4.98 Å². The number of aryl methyl sites for hydroxylation is 1. The minimum Gasteiger partial charge on any atom is -0.312 e. The first-order valence-electron chi connectivity index (χ1n) is 8.05. The minimum absolute atomic E-state index is 0.725. The topological polar surface area (TPSA) is 24.9 Å². The van der Waals surface area contributed by atoms with Crippen LogP contribution in [0, 0.1) is 6.92 Å². The molecule has 21 heavy (non-hydrogen) atoms. The summed E-state index contributed by atoms with van der Waals surface area (Å²) < 4.78 is 0. The Morgan fingerprint density at radius 1 is 1.33 bits per heavy atom. The fourth-order valence-electron chi connectivity index (χ4n) is 2.57. The van der Waals surface area contributed by atoms with Gasteiger partial charge in [-0.15, -0.1) is 11.3 Å². The maximum atomic E-state index is 4.96. The minimum atomic E-state index is 0.725. The molecule has 1 aliphatic carbocycles. The first-order chi connectivity index (χ1) is 10.3. The van der Waals surface area contributed by atoms with Crippen LogP contribution in [0.25, 0.3) is 10.6 Å². The lowest BCUT2D eigenvalue weighted by atomic mass is 10.1. The van der Waals surface area contributed by atoms with Crippen molar-refractivity contribution in [3.8, 4) is 10.6 Å². The van der Waals surface area contributed by atoms with Gasteiger partial charge in [-0.05, 0) is 38.8 Å². The molecule has 1 heterocycles. The fraction of sp³-hybridized carbons (Fsp3) is 0.500. The SMILES string of the molecule is CCCCNCc1sc(-c2cccc(C)c2)nc1C1CC1. The maximum absolute atomic E-state index is 4.96. The van der Waals surface area contributed by atoms with Crippen molar-refractivity contribution in [2.45, 2.75) is 52.0 Å². The normalized spacial score (nSPS) is 14.6. The number of hydrogen-bond acceptors (Lipinski definition) is 3. The van der Waals surface area contributed by atoms with Gasteiger partial charge in [0.15, 0.2) is 0 Å². The molecule has 0 spiro atoms. The van der Waals surface area contributed by atoms with Gasteiger partial charge in [-0.25, -0.2) is 4.98 Å². The van der Waals surface area contributed by atoms with Crippen molar-refractivity contribution in [2.75, 3.05) is 6.54 Å². The van der Waals surface area contributed by atoms with E-state index < -0.39 is 0 Å². The molecule has 0 aliphatic heterocycles. The van der Waals surface area contributed by atoms with Crippen LogP contribution in [0.5, 0.6) is 0 Å². The zero-order valence-electron chi connectivity index (χ0n) is 13.0. The molecule has 1 aromatic heterocycles. The van der Waals surface area contributed by atoms with Gasteiger partial charge in [0.25, 0.3) is 0 Å². The molecule has 0 unspecified atom stereocenters. The second-order valence-corrected chi connectivity index (χ2v) is 7.09. The highest BCUT2D eigenvalue weighted by Gasteiger charge is 2.29. The van der Waals surface area contributed by atoms with Crippen LogP contribution >= 0.6 is 11.3 Å². The summed E-state index contributed by atoms with van der Waals surface area (Å²) in [5.41, 5.74) is 3.93. The lowest BCUT2D eigenvalue weighted by Gasteiger charge is -2.03. The summed E-state index contributed by atoms with van der Waals surface area (Å²) in [5, 5.41) is 4.76. The number of thiazole rings is 1. The second-order valence-electron chi connectivity index (χ2n) is 6.00. The van der Waals surface area contributed by atoms with Gasteiger partial charge in [-0.2, -0.15) is 0 Å². The van der Waals surface area contributed by atoms with Gasteiger partial charge < -0.3 is 5.32 Å².